The van der Waals surface area contributed by atoms with Gasteiger partial charge in [-0.2, -0.15) is 0 Å². The monoisotopic (exact) mass is 392 g/mol. The SMILES string of the molecule is CC(C)(C)OC(=O)C1[C@H]2CN(c3ccc(N4C(=O)OC[C@H]4CO)cc3F)C[C@@H]12. The standard InChI is InChI=1S/C20H25FN2O5/c1-20(2,3)28-18(25)17-13-7-22(8-14(13)17)16-5-4-11(6-15(16)21)23-12(9-24)10-27-19(23)26/h4-6,12-14,17,24H,7-10H2,1-3H3/t12-,13-,14+,17?/m1/s1. The molecule has 8 heteroatoms. The summed E-state index contributed by atoms with van der Waals surface area (Å²) in [5.41, 5.74) is 0.310. The van der Waals surface area contributed by atoms with E-state index in [0.29, 0.717) is 24.5 Å². The van der Waals surface area contributed by atoms with E-state index in [1.54, 1.807) is 12.1 Å². The molecule has 1 saturated carbocycles. The van der Waals surface area contributed by atoms with Gasteiger partial charge in [0.05, 0.1) is 29.9 Å². The highest BCUT2D eigenvalue weighted by Crippen LogP contribution is 2.53. The van der Waals surface area contributed by atoms with E-state index in [4.69, 9.17) is 9.47 Å². The number of piperidine rings is 1. The number of anilines is 2. The van der Waals surface area contributed by atoms with Gasteiger partial charge < -0.3 is 19.5 Å². The average Bonchev–Trinajstić information content (AvgIpc) is 2.94. The highest BCUT2D eigenvalue weighted by Gasteiger charge is 2.61. The fraction of sp³-hybridized carbons (Fsp3) is 0.600. The number of halogens is 1. The fourth-order valence-corrected chi connectivity index (χ4v) is 4.26. The molecule has 4 rings (SSSR count). The Morgan fingerprint density at radius 2 is 2.00 bits per heavy atom. The lowest BCUT2D eigenvalue weighted by Gasteiger charge is -2.25. The molecular weight excluding hydrogens is 367 g/mol. The average molecular weight is 392 g/mol. The van der Waals surface area contributed by atoms with Crippen LogP contribution >= 0.6 is 0 Å². The molecule has 1 aromatic rings. The van der Waals surface area contributed by atoms with Gasteiger partial charge in [-0.1, -0.05) is 0 Å². The quantitative estimate of drug-likeness (QED) is 0.792. The molecular formula is C20H25FN2O5. The molecule has 3 fully saturated rings. The zero-order valence-corrected chi connectivity index (χ0v) is 16.2. The third-order valence-corrected chi connectivity index (χ3v) is 5.59. The number of aliphatic hydroxyl groups excluding tert-OH is 1. The van der Waals surface area contributed by atoms with Crippen molar-refractivity contribution in [3.05, 3.63) is 24.0 Å². The van der Waals surface area contributed by atoms with Crippen LogP contribution in [0.25, 0.3) is 0 Å². The second kappa shape index (κ2) is 6.62. The van der Waals surface area contributed by atoms with E-state index in [0.717, 1.165) is 0 Å². The van der Waals surface area contributed by atoms with Crippen molar-refractivity contribution in [1.82, 2.24) is 0 Å². The van der Waals surface area contributed by atoms with Crippen LogP contribution in [-0.4, -0.2) is 55.1 Å². The summed E-state index contributed by atoms with van der Waals surface area (Å²) >= 11 is 0. The summed E-state index contributed by atoms with van der Waals surface area (Å²) in [7, 11) is 0. The summed E-state index contributed by atoms with van der Waals surface area (Å²) in [4.78, 5) is 27.3. The lowest BCUT2D eigenvalue weighted by Crippen LogP contribution is -2.36. The van der Waals surface area contributed by atoms with E-state index in [9.17, 15) is 19.1 Å². The van der Waals surface area contributed by atoms with Crippen LogP contribution < -0.4 is 9.80 Å². The molecule has 0 radical (unpaired) electrons. The predicted octanol–water partition coefficient (Wildman–Crippen LogP) is 2.17. The van der Waals surface area contributed by atoms with Crippen molar-refractivity contribution in [2.45, 2.75) is 32.4 Å². The molecule has 28 heavy (non-hydrogen) atoms. The largest absolute Gasteiger partial charge is 0.460 e. The maximum absolute atomic E-state index is 14.8. The van der Waals surface area contributed by atoms with Crippen LogP contribution in [-0.2, 0) is 14.3 Å². The number of hydrogen-bond donors (Lipinski definition) is 1. The van der Waals surface area contributed by atoms with Gasteiger partial charge in [0.15, 0.2) is 0 Å². The van der Waals surface area contributed by atoms with Gasteiger partial charge in [-0.05, 0) is 50.8 Å². The van der Waals surface area contributed by atoms with Crippen molar-refractivity contribution in [3.63, 3.8) is 0 Å². The van der Waals surface area contributed by atoms with Gasteiger partial charge in [-0.15, -0.1) is 0 Å². The molecule has 1 N–H and O–H groups in total. The summed E-state index contributed by atoms with van der Waals surface area (Å²) in [6, 6.07) is 4.08. The van der Waals surface area contributed by atoms with Gasteiger partial charge in [0.25, 0.3) is 0 Å². The molecule has 0 aromatic heterocycles. The summed E-state index contributed by atoms with van der Waals surface area (Å²) in [5.74, 6) is -0.311. The maximum Gasteiger partial charge on any atom is 0.414 e. The molecule has 2 heterocycles. The summed E-state index contributed by atoms with van der Waals surface area (Å²) < 4.78 is 25.2. The first-order chi connectivity index (χ1) is 13.2. The molecule has 152 valence electrons. The van der Waals surface area contributed by atoms with Gasteiger partial charge in [0.2, 0.25) is 0 Å². The van der Waals surface area contributed by atoms with E-state index >= 15 is 0 Å². The molecule has 1 amide bonds. The number of ether oxygens (including phenoxy) is 2. The van der Waals surface area contributed by atoms with E-state index in [1.165, 1.54) is 11.0 Å². The number of carbonyl (C=O) groups excluding carboxylic acids is 2. The molecule has 0 bridgehead atoms. The Balaban J connectivity index is 1.42. The number of amides is 1. The molecule has 1 unspecified atom stereocenters. The first kappa shape index (κ1) is 19.0. The lowest BCUT2D eigenvalue weighted by atomic mass is 10.1. The van der Waals surface area contributed by atoms with Crippen LogP contribution in [0.2, 0.25) is 0 Å². The van der Waals surface area contributed by atoms with Crippen LogP contribution in [0.5, 0.6) is 0 Å². The minimum atomic E-state index is -0.589. The van der Waals surface area contributed by atoms with Gasteiger partial charge in [0, 0.05) is 13.1 Å². The van der Waals surface area contributed by atoms with Crippen molar-refractivity contribution in [2.24, 2.45) is 17.8 Å². The highest BCUT2D eigenvalue weighted by molar-refractivity contribution is 5.90. The van der Waals surface area contributed by atoms with Gasteiger partial charge in [0.1, 0.15) is 18.0 Å². The first-order valence-electron chi connectivity index (χ1n) is 9.54. The molecule has 7 nitrogen and oxygen atoms in total. The third kappa shape index (κ3) is 3.30. The smallest absolute Gasteiger partial charge is 0.414 e. The van der Waals surface area contributed by atoms with Crippen molar-refractivity contribution in [2.75, 3.05) is 36.1 Å². The molecule has 4 atom stereocenters. The second-order valence-electron chi connectivity index (χ2n) is 8.71. The number of benzene rings is 1. The normalized spacial score (nSPS) is 29.0. The zero-order chi connectivity index (χ0) is 20.2. The first-order valence-corrected chi connectivity index (χ1v) is 9.54. The Hall–Kier alpha value is -2.35. The summed E-state index contributed by atoms with van der Waals surface area (Å²) in [6.07, 6.45) is -0.589. The third-order valence-electron chi connectivity index (χ3n) is 5.59. The van der Waals surface area contributed by atoms with E-state index in [-0.39, 0.29) is 36.9 Å². The zero-order valence-electron chi connectivity index (χ0n) is 16.2. The molecule has 2 aliphatic heterocycles. The van der Waals surface area contributed by atoms with Crippen LogP contribution in [0, 0.1) is 23.6 Å². The molecule has 2 saturated heterocycles. The molecule has 1 aliphatic carbocycles. The van der Waals surface area contributed by atoms with Crippen LogP contribution in [0.15, 0.2) is 18.2 Å². The number of esters is 1. The van der Waals surface area contributed by atoms with Gasteiger partial charge in [-0.3, -0.25) is 9.69 Å². The lowest BCUT2D eigenvalue weighted by molar-refractivity contribution is -0.157. The fourth-order valence-electron chi connectivity index (χ4n) is 4.26. The molecule has 1 aromatic carbocycles. The molecule has 3 aliphatic rings. The van der Waals surface area contributed by atoms with E-state index in [1.807, 2.05) is 25.7 Å². The Morgan fingerprint density at radius 3 is 2.57 bits per heavy atom. The van der Waals surface area contributed by atoms with Crippen molar-refractivity contribution < 1.29 is 28.6 Å². The predicted molar refractivity (Wildman–Crippen MR) is 99.6 cm³/mol. The van der Waals surface area contributed by atoms with Gasteiger partial charge >= 0.3 is 12.1 Å². The maximum atomic E-state index is 14.8. The molecule has 0 spiro atoms. The van der Waals surface area contributed by atoms with Crippen molar-refractivity contribution in [3.8, 4) is 0 Å². The second-order valence-corrected chi connectivity index (χ2v) is 8.71. The van der Waals surface area contributed by atoms with Crippen molar-refractivity contribution >= 4 is 23.4 Å². The van der Waals surface area contributed by atoms with Gasteiger partial charge in [-0.25, -0.2) is 9.18 Å². The number of nitrogens with zero attached hydrogens (tertiary/aromatic N) is 2. The van der Waals surface area contributed by atoms with Crippen LogP contribution in [0.4, 0.5) is 20.6 Å². The number of aliphatic hydroxyl groups is 1. The van der Waals surface area contributed by atoms with Crippen LogP contribution in [0.3, 0.4) is 0 Å². The number of fused-ring (bicyclic) bond motifs is 1. The number of carbonyl (C=O) groups is 2. The summed E-state index contributed by atoms with van der Waals surface area (Å²) in [6.45, 7) is 6.60. The Labute approximate surface area is 163 Å². The minimum absolute atomic E-state index is 0.0836. The number of hydrogen-bond acceptors (Lipinski definition) is 6. The minimum Gasteiger partial charge on any atom is -0.460 e. The van der Waals surface area contributed by atoms with E-state index < -0.39 is 23.6 Å². The topological polar surface area (TPSA) is 79.3 Å². The number of cyclic esters (lactones) is 1. The van der Waals surface area contributed by atoms with E-state index in [2.05, 4.69) is 0 Å². The Bertz CT molecular complexity index is 796. The van der Waals surface area contributed by atoms with Crippen LogP contribution in [0.1, 0.15) is 20.8 Å². The highest BCUT2D eigenvalue weighted by atomic mass is 19.1. The Kier molecular flexibility index (Phi) is 4.49. The van der Waals surface area contributed by atoms with Crippen molar-refractivity contribution in [1.29, 1.82) is 0 Å². The summed E-state index contributed by atoms with van der Waals surface area (Å²) in [5, 5.41) is 9.37. The number of rotatable bonds is 4. The Morgan fingerprint density at radius 1 is 1.32 bits per heavy atom.